The summed E-state index contributed by atoms with van der Waals surface area (Å²) < 4.78 is 9.51. The van der Waals surface area contributed by atoms with Crippen molar-refractivity contribution in [3.8, 4) is 0 Å². The number of benzene rings is 4. The zero-order valence-electron chi connectivity index (χ0n) is 26.0. The van der Waals surface area contributed by atoms with Gasteiger partial charge >= 0.3 is 0 Å². The van der Waals surface area contributed by atoms with Crippen molar-refractivity contribution in [1.29, 1.82) is 0 Å². The van der Waals surface area contributed by atoms with E-state index >= 15 is 0 Å². The van der Waals surface area contributed by atoms with Crippen molar-refractivity contribution in [1.82, 2.24) is 14.5 Å². The maximum Gasteiger partial charge on any atom is 0.270 e. The lowest BCUT2D eigenvalue weighted by Crippen LogP contribution is -2.67. The largest absolute Gasteiger partial charge is 0.397 e. The lowest BCUT2D eigenvalue weighted by molar-refractivity contribution is -0.384. The highest BCUT2D eigenvalue weighted by Gasteiger charge is 2.52. The van der Waals surface area contributed by atoms with Crippen LogP contribution in [0.25, 0.3) is 0 Å². The topological polar surface area (TPSA) is 103 Å². The number of hydrogen-bond donors (Lipinski definition) is 0. The minimum absolute atomic E-state index is 0.116. The number of hydrogen-bond acceptors (Lipinski definition) is 6. The molecule has 1 aliphatic heterocycles. The van der Waals surface area contributed by atoms with Gasteiger partial charge in [0.05, 0.1) is 24.3 Å². The molecular weight excluding hydrogens is 595 g/mol. The number of non-ortho nitro benzene ring substituents is 1. The first kappa shape index (κ1) is 30.8. The van der Waals surface area contributed by atoms with Gasteiger partial charge in [0.1, 0.15) is 18.1 Å². The molecule has 0 fully saturated rings. The first-order valence-corrected chi connectivity index (χ1v) is 17.1. The molecule has 1 aromatic heterocycles. The van der Waals surface area contributed by atoms with Gasteiger partial charge in [-0.2, -0.15) is 0 Å². The number of aliphatic imine (C=N–C) groups is 1. The Labute approximate surface area is 269 Å². The predicted octanol–water partition coefficient (Wildman–Crippen LogP) is 6.27. The molecule has 1 atom stereocenters. The van der Waals surface area contributed by atoms with Crippen molar-refractivity contribution < 1.29 is 14.1 Å². The summed E-state index contributed by atoms with van der Waals surface area (Å²) in [7, 11) is -3.09. The third kappa shape index (κ3) is 5.92. The summed E-state index contributed by atoms with van der Waals surface area (Å²) in [6, 6.07) is 36.4. The smallest absolute Gasteiger partial charge is 0.270 e. The third-order valence-electron chi connectivity index (χ3n) is 8.32. The summed E-state index contributed by atoms with van der Waals surface area (Å²) >= 11 is 0. The van der Waals surface area contributed by atoms with E-state index in [1.54, 1.807) is 12.4 Å². The molecule has 6 rings (SSSR count). The second-order valence-electron chi connectivity index (χ2n) is 12.3. The van der Waals surface area contributed by atoms with Crippen molar-refractivity contribution in [2.24, 2.45) is 4.99 Å². The van der Waals surface area contributed by atoms with E-state index in [1.165, 1.54) is 29.4 Å². The first-order chi connectivity index (χ1) is 22.2. The van der Waals surface area contributed by atoms with E-state index in [2.05, 4.69) is 45.0 Å². The fraction of sp³-hybridized carbons (Fsp3) is 0.194. The number of aromatic nitrogens is 2. The molecule has 0 N–H and O–H groups in total. The van der Waals surface area contributed by atoms with Gasteiger partial charge < -0.3 is 8.99 Å². The molecule has 0 unspecified atom stereocenters. The Morgan fingerprint density at radius 1 is 0.913 bits per heavy atom. The molecule has 5 aromatic rings. The number of carbonyl (C=O) groups is 1. The Morgan fingerprint density at radius 3 is 2.11 bits per heavy atom. The molecule has 0 spiro atoms. The average Bonchev–Trinajstić information content (AvgIpc) is 3.37. The molecule has 0 aliphatic carbocycles. The number of nitro groups is 1. The molecule has 0 radical (unpaired) electrons. The standard InChI is InChI=1S/C36H35N5O4Si/c1-36(2,3)46(30-18-9-5-10-19-30,31-20-11-6-12-21-31)45-32-24-40(35(42)28-16-13-17-29(22-28)41(43)44)26-38-34-33(32)37-25-39(34)23-27-14-7-4-8-15-27/h4-22,25-26,32H,23-24H2,1-3H3/t32-/m1/s1. The van der Waals surface area contributed by atoms with Crippen LogP contribution in [-0.4, -0.2) is 46.5 Å². The van der Waals surface area contributed by atoms with Crippen molar-refractivity contribution in [3.05, 3.63) is 149 Å². The normalized spacial score (nSPS) is 14.8. The minimum atomic E-state index is -3.09. The average molecular weight is 630 g/mol. The Balaban J connectivity index is 1.49. The van der Waals surface area contributed by atoms with Gasteiger partial charge in [-0.1, -0.05) is 118 Å². The van der Waals surface area contributed by atoms with Crippen LogP contribution in [0.2, 0.25) is 5.04 Å². The van der Waals surface area contributed by atoms with Gasteiger partial charge in [0.25, 0.3) is 19.9 Å². The second-order valence-corrected chi connectivity index (χ2v) is 16.6. The summed E-state index contributed by atoms with van der Waals surface area (Å²) in [4.78, 5) is 36.1. The molecule has 46 heavy (non-hydrogen) atoms. The lowest BCUT2D eigenvalue weighted by atomic mass is 10.1. The van der Waals surface area contributed by atoms with E-state index in [0.29, 0.717) is 18.1 Å². The van der Waals surface area contributed by atoms with Crippen LogP contribution in [0.1, 0.15) is 48.5 Å². The molecule has 0 saturated carbocycles. The van der Waals surface area contributed by atoms with Crippen LogP contribution < -0.4 is 10.4 Å². The Kier molecular flexibility index (Phi) is 8.48. The Bertz CT molecular complexity index is 1830. The second kappa shape index (κ2) is 12.7. The van der Waals surface area contributed by atoms with Crippen LogP contribution in [0.3, 0.4) is 0 Å². The summed E-state index contributed by atoms with van der Waals surface area (Å²) in [6.07, 6.45) is 2.61. The Morgan fingerprint density at radius 2 is 1.52 bits per heavy atom. The quantitative estimate of drug-likeness (QED) is 0.114. The molecule has 1 amide bonds. The van der Waals surface area contributed by atoms with Gasteiger partial charge in [-0.15, -0.1) is 0 Å². The molecule has 10 heteroatoms. The van der Waals surface area contributed by atoms with Gasteiger partial charge in [0.15, 0.2) is 5.82 Å². The molecular formula is C36H35N5O4Si. The van der Waals surface area contributed by atoms with Crippen molar-refractivity contribution in [2.45, 2.75) is 38.5 Å². The number of nitrogens with zero attached hydrogens (tertiary/aromatic N) is 5. The van der Waals surface area contributed by atoms with Crippen molar-refractivity contribution in [3.63, 3.8) is 0 Å². The summed E-state index contributed by atoms with van der Waals surface area (Å²) in [5, 5.41) is 13.4. The zero-order chi connectivity index (χ0) is 32.3. The van der Waals surface area contributed by atoms with Crippen LogP contribution in [0.5, 0.6) is 0 Å². The Hall–Kier alpha value is -5.19. The van der Waals surface area contributed by atoms with Gasteiger partial charge in [0.2, 0.25) is 0 Å². The van der Waals surface area contributed by atoms with E-state index in [0.717, 1.165) is 15.9 Å². The number of rotatable bonds is 8. The SMILES string of the molecule is CC(C)(C)[Si](O[C@@H]1CN(C(=O)c2cccc([N+](=O)[O-])c2)C=Nc2c1ncn2Cc1ccccc1)(c1ccccc1)c1ccccc1. The number of amides is 1. The van der Waals surface area contributed by atoms with E-state index in [4.69, 9.17) is 14.4 Å². The van der Waals surface area contributed by atoms with E-state index < -0.39 is 25.3 Å². The minimum Gasteiger partial charge on any atom is -0.397 e. The first-order valence-electron chi connectivity index (χ1n) is 15.1. The van der Waals surface area contributed by atoms with E-state index in [-0.39, 0.29) is 22.8 Å². The summed E-state index contributed by atoms with van der Waals surface area (Å²) in [5.41, 5.74) is 1.75. The van der Waals surface area contributed by atoms with E-state index in [1.807, 2.05) is 71.3 Å². The fourth-order valence-electron chi connectivity index (χ4n) is 6.14. The number of imidazole rings is 1. The van der Waals surface area contributed by atoms with E-state index in [9.17, 15) is 14.9 Å². The zero-order valence-corrected chi connectivity index (χ0v) is 27.0. The fourth-order valence-corrected chi connectivity index (χ4v) is 10.8. The van der Waals surface area contributed by atoms with Crippen molar-refractivity contribution >= 4 is 42.4 Å². The third-order valence-corrected chi connectivity index (χ3v) is 13.4. The summed E-state index contributed by atoms with van der Waals surface area (Å²) in [6.45, 7) is 7.25. The molecule has 4 aromatic carbocycles. The van der Waals surface area contributed by atoms with Gasteiger partial charge in [-0.25, -0.2) is 9.98 Å². The van der Waals surface area contributed by atoms with Gasteiger partial charge in [-0.05, 0) is 27.0 Å². The maximum atomic E-state index is 14.0. The van der Waals surface area contributed by atoms with Crippen LogP contribution in [0.15, 0.2) is 127 Å². The van der Waals surface area contributed by atoms with Crippen LogP contribution in [0, 0.1) is 10.1 Å². The van der Waals surface area contributed by atoms with Crippen LogP contribution in [0.4, 0.5) is 11.5 Å². The number of fused-ring (bicyclic) bond motifs is 1. The highest BCUT2D eigenvalue weighted by Crippen LogP contribution is 2.42. The summed E-state index contributed by atoms with van der Waals surface area (Å²) in [5.74, 6) is 0.185. The molecule has 1 aliphatic rings. The number of carbonyl (C=O) groups excluding carboxylic acids is 1. The number of nitro benzene ring substituents is 1. The highest BCUT2D eigenvalue weighted by molar-refractivity contribution is 6.99. The van der Waals surface area contributed by atoms with Gasteiger partial charge in [-0.3, -0.25) is 19.8 Å². The molecule has 2 heterocycles. The maximum absolute atomic E-state index is 14.0. The van der Waals surface area contributed by atoms with Crippen LogP contribution in [-0.2, 0) is 11.0 Å². The van der Waals surface area contributed by atoms with Crippen LogP contribution >= 0.6 is 0 Å². The molecule has 232 valence electrons. The van der Waals surface area contributed by atoms with Gasteiger partial charge in [0, 0.05) is 17.7 Å². The molecule has 0 bridgehead atoms. The highest BCUT2D eigenvalue weighted by atomic mass is 28.4. The molecule has 0 saturated heterocycles. The monoisotopic (exact) mass is 629 g/mol. The lowest BCUT2D eigenvalue weighted by Gasteiger charge is -2.45. The molecule has 9 nitrogen and oxygen atoms in total. The predicted molar refractivity (Wildman–Crippen MR) is 182 cm³/mol. The van der Waals surface area contributed by atoms with Crippen molar-refractivity contribution in [2.75, 3.05) is 6.54 Å².